The molecule has 1 amide bonds. The second-order valence-electron chi connectivity index (χ2n) is 10.9. The lowest BCUT2D eigenvalue weighted by Crippen LogP contribution is -2.50. The van der Waals surface area contributed by atoms with Crippen LogP contribution in [0.5, 0.6) is 5.75 Å². The van der Waals surface area contributed by atoms with Crippen LogP contribution >= 0.6 is 11.6 Å². The molecule has 0 saturated carbocycles. The molecule has 0 radical (unpaired) electrons. The lowest BCUT2D eigenvalue weighted by Gasteiger charge is -2.41. The maximum absolute atomic E-state index is 13.9. The molecule has 1 aliphatic heterocycles. The summed E-state index contributed by atoms with van der Waals surface area (Å²) in [6.07, 6.45) is 4.16. The minimum atomic E-state index is -1.06. The van der Waals surface area contributed by atoms with Gasteiger partial charge in [0.2, 0.25) is 11.9 Å². The number of anilines is 1. The van der Waals surface area contributed by atoms with E-state index in [1.165, 1.54) is 6.20 Å². The molecule has 0 unspecified atom stereocenters. The molecule has 2 N–H and O–H groups in total. The van der Waals surface area contributed by atoms with Crippen molar-refractivity contribution in [3.8, 4) is 5.75 Å². The number of ether oxygens (including phenoxy) is 1. The Morgan fingerprint density at radius 3 is 2.33 bits per heavy atom. The zero-order chi connectivity index (χ0) is 30.2. The van der Waals surface area contributed by atoms with Crippen LogP contribution in [-0.2, 0) is 30.6 Å². The minimum Gasteiger partial charge on any atom is -0.496 e. The van der Waals surface area contributed by atoms with Gasteiger partial charge in [-0.25, -0.2) is 14.8 Å². The Kier molecular flexibility index (Phi) is 9.57. The summed E-state index contributed by atoms with van der Waals surface area (Å²) < 4.78 is 5.47. The molecular formula is C34H35ClN4O4. The number of aromatic nitrogens is 2. The molecule has 0 atom stereocenters. The zero-order valence-corrected chi connectivity index (χ0v) is 24.9. The first-order chi connectivity index (χ1) is 20.9. The quantitative estimate of drug-likeness (QED) is 0.226. The summed E-state index contributed by atoms with van der Waals surface area (Å²) in [5.41, 5.74) is 2.89. The molecule has 0 bridgehead atoms. The SMILES string of the molecule is COc1ccccc1CNC(=O)C1(Cc2ccccc2)CCN(c2ncc(C(=O)O)c(CCc3ccccc3Cl)n2)CC1. The number of carboxylic acids is 1. The Hall–Kier alpha value is -4.43. The normalized spacial score (nSPS) is 14.2. The lowest BCUT2D eigenvalue weighted by molar-refractivity contribution is -0.132. The van der Waals surface area contributed by atoms with Crippen molar-refractivity contribution in [2.45, 2.75) is 38.6 Å². The molecule has 222 valence electrons. The number of halogens is 1. The molecule has 1 saturated heterocycles. The fraction of sp³-hybridized carbons (Fsp3) is 0.294. The van der Waals surface area contributed by atoms with E-state index in [1.807, 2.05) is 71.6 Å². The average Bonchev–Trinajstić information content (AvgIpc) is 3.04. The van der Waals surface area contributed by atoms with Gasteiger partial charge in [-0.1, -0.05) is 78.3 Å². The van der Waals surface area contributed by atoms with Crippen molar-refractivity contribution in [3.63, 3.8) is 0 Å². The third-order valence-electron chi connectivity index (χ3n) is 8.18. The van der Waals surface area contributed by atoms with Gasteiger partial charge in [0.05, 0.1) is 23.8 Å². The number of piperidine rings is 1. The molecule has 9 heteroatoms. The summed E-state index contributed by atoms with van der Waals surface area (Å²) in [7, 11) is 1.63. The first kappa shape index (κ1) is 30.0. The molecule has 0 aliphatic carbocycles. The van der Waals surface area contributed by atoms with Gasteiger partial charge in [0.1, 0.15) is 5.75 Å². The van der Waals surface area contributed by atoms with Crippen molar-refractivity contribution in [1.29, 1.82) is 0 Å². The summed E-state index contributed by atoms with van der Waals surface area (Å²) >= 11 is 6.33. The van der Waals surface area contributed by atoms with Gasteiger partial charge in [0, 0.05) is 36.4 Å². The number of nitrogens with one attached hydrogen (secondary N) is 1. The van der Waals surface area contributed by atoms with Crippen molar-refractivity contribution >= 4 is 29.4 Å². The summed E-state index contributed by atoms with van der Waals surface area (Å²) in [6, 6.07) is 25.3. The molecule has 43 heavy (non-hydrogen) atoms. The third-order valence-corrected chi connectivity index (χ3v) is 8.55. The van der Waals surface area contributed by atoms with Crippen LogP contribution in [0.3, 0.4) is 0 Å². The van der Waals surface area contributed by atoms with Crippen LogP contribution in [0, 0.1) is 5.41 Å². The van der Waals surface area contributed by atoms with Gasteiger partial charge in [-0.2, -0.15) is 0 Å². The highest BCUT2D eigenvalue weighted by molar-refractivity contribution is 6.31. The fourth-order valence-corrected chi connectivity index (χ4v) is 5.93. The van der Waals surface area contributed by atoms with Crippen LogP contribution in [0.25, 0.3) is 0 Å². The number of rotatable bonds is 11. The largest absolute Gasteiger partial charge is 0.496 e. The van der Waals surface area contributed by atoms with E-state index in [4.69, 9.17) is 21.3 Å². The molecule has 2 heterocycles. The second kappa shape index (κ2) is 13.7. The molecule has 0 spiro atoms. The average molecular weight is 599 g/mol. The molecule has 1 aromatic heterocycles. The number of nitrogens with zero attached hydrogens (tertiary/aromatic N) is 3. The van der Waals surface area contributed by atoms with Crippen LogP contribution in [-0.4, -0.2) is 47.2 Å². The molecule has 4 aromatic rings. The van der Waals surface area contributed by atoms with Crippen molar-refractivity contribution < 1.29 is 19.4 Å². The Morgan fingerprint density at radius 2 is 1.63 bits per heavy atom. The summed E-state index contributed by atoms with van der Waals surface area (Å²) in [4.78, 5) is 37.0. The van der Waals surface area contributed by atoms with Crippen LogP contribution < -0.4 is 15.0 Å². The van der Waals surface area contributed by atoms with Crippen LogP contribution in [0.15, 0.2) is 85.1 Å². The first-order valence-corrected chi connectivity index (χ1v) is 14.8. The first-order valence-electron chi connectivity index (χ1n) is 14.4. The van der Waals surface area contributed by atoms with Crippen molar-refractivity contribution in [1.82, 2.24) is 15.3 Å². The van der Waals surface area contributed by atoms with Crippen LogP contribution in [0.1, 0.15) is 45.6 Å². The van der Waals surface area contributed by atoms with E-state index in [0.29, 0.717) is 68.4 Å². The van der Waals surface area contributed by atoms with Crippen molar-refractivity contribution in [2.24, 2.45) is 5.41 Å². The number of para-hydroxylation sites is 1. The molecule has 5 rings (SSSR count). The monoisotopic (exact) mass is 598 g/mol. The maximum Gasteiger partial charge on any atom is 0.339 e. The number of carbonyl (C=O) groups is 2. The van der Waals surface area contributed by atoms with Gasteiger partial charge in [0.25, 0.3) is 0 Å². The number of methoxy groups -OCH3 is 1. The summed E-state index contributed by atoms with van der Waals surface area (Å²) in [5.74, 6) is 0.154. The number of aromatic carboxylic acids is 1. The number of amides is 1. The number of aryl methyl sites for hydroxylation is 2. The van der Waals surface area contributed by atoms with Gasteiger partial charge in [-0.05, 0) is 55.4 Å². The molecule has 1 fully saturated rings. The number of hydrogen-bond acceptors (Lipinski definition) is 6. The van der Waals surface area contributed by atoms with Crippen LogP contribution in [0.4, 0.5) is 5.95 Å². The molecule has 3 aromatic carbocycles. The van der Waals surface area contributed by atoms with Crippen molar-refractivity contribution in [2.75, 3.05) is 25.1 Å². The van der Waals surface area contributed by atoms with E-state index in [9.17, 15) is 14.7 Å². The topological polar surface area (TPSA) is 105 Å². The van der Waals surface area contributed by atoms with E-state index in [1.54, 1.807) is 7.11 Å². The number of benzene rings is 3. The summed E-state index contributed by atoms with van der Waals surface area (Å²) in [6.45, 7) is 1.49. The van der Waals surface area contributed by atoms with Crippen LogP contribution in [0.2, 0.25) is 5.02 Å². The third kappa shape index (κ3) is 7.14. The standard InChI is InChI=1S/C34H35ClN4O4/c1-43-30-14-8-6-12-26(30)22-36-32(42)34(21-24-9-3-2-4-10-24)17-19-39(20-18-34)33-37-23-27(31(40)41)29(38-33)16-15-25-11-5-7-13-28(25)35/h2-14,23H,15-22H2,1H3,(H,36,42)(H,40,41). The van der Waals surface area contributed by atoms with Crippen molar-refractivity contribution in [3.05, 3.63) is 118 Å². The molecular weight excluding hydrogens is 564 g/mol. The Morgan fingerprint density at radius 1 is 0.953 bits per heavy atom. The smallest absolute Gasteiger partial charge is 0.339 e. The highest BCUT2D eigenvalue weighted by Gasteiger charge is 2.42. The Labute approximate surface area is 256 Å². The minimum absolute atomic E-state index is 0.00415. The predicted molar refractivity (Wildman–Crippen MR) is 167 cm³/mol. The number of carboxylic acid groups (broad SMARTS) is 1. The van der Waals surface area contributed by atoms with E-state index >= 15 is 0 Å². The fourth-order valence-electron chi connectivity index (χ4n) is 5.70. The van der Waals surface area contributed by atoms with E-state index in [0.717, 1.165) is 22.4 Å². The lowest BCUT2D eigenvalue weighted by atomic mass is 9.73. The highest BCUT2D eigenvalue weighted by Crippen LogP contribution is 2.37. The highest BCUT2D eigenvalue weighted by atomic mass is 35.5. The molecule has 1 aliphatic rings. The Bertz CT molecular complexity index is 1570. The Balaban J connectivity index is 1.33. The van der Waals surface area contributed by atoms with Gasteiger partial charge >= 0.3 is 5.97 Å². The van der Waals surface area contributed by atoms with E-state index < -0.39 is 11.4 Å². The second-order valence-corrected chi connectivity index (χ2v) is 11.3. The van der Waals surface area contributed by atoms with Gasteiger partial charge in [-0.3, -0.25) is 4.79 Å². The van der Waals surface area contributed by atoms with Gasteiger partial charge < -0.3 is 20.1 Å². The zero-order valence-electron chi connectivity index (χ0n) is 24.1. The van der Waals surface area contributed by atoms with Gasteiger partial charge in [-0.15, -0.1) is 0 Å². The number of carbonyl (C=O) groups excluding carboxylic acids is 1. The van der Waals surface area contributed by atoms with Gasteiger partial charge in [0.15, 0.2) is 0 Å². The maximum atomic E-state index is 13.9. The number of hydrogen-bond donors (Lipinski definition) is 2. The summed E-state index contributed by atoms with van der Waals surface area (Å²) in [5, 5.41) is 13.6. The van der Waals surface area contributed by atoms with E-state index in [-0.39, 0.29) is 11.5 Å². The van der Waals surface area contributed by atoms with E-state index in [2.05, 4.69) is 22.4 Å². The molecule has 8 nitrogen and oxygen atoms in total. The predicted octanol–water partition coefficient (Wildman–Crippen LogP) is 5.77.